The molecule has 0 aromatic heterocycles. The summed E-state index contributed by atoms with van der Waals surface area (Å²) in [6.07, 6.45) is 0.192. The second-order valence-electron chi connectivity index (χ2n) is 5.88. The third-order valence-corrected chi connectivity index (χ3v) is 3.94. The van der Waals surface area contributed by atoms with Crippen molar-refractivity contribution in [3.05, 3.63) is 96.1 Å². The Balaban J connectivity index is 1.69. The Morgan fingerprint density at radius 2 is 1.48 bits per heavy atom. The summed E-state index contributed by atoms with van der Waals surface area (Å²) in [5.74, 6) is 0.520. The molecule has 0 spiro atoms. The molecule has 0 radical (unpaired) electrons. The van der Waals surface area contributed by atoms with Crippen molar-refractivity contribution in [2.24, 2.45) is 0 Å². The lowest BCUT2D eigenvalue weighted by Gasteiger charge is -2.16. The Hall–Kier alpha value is -3.07. The number of para-hydroxylation sites is 2. The molecule has 25 heavy (non-hydrogen) atoms. The van der Waals surface area contributed by atoms with E-state index in [0.29, 0.717) is 5.75 Å². The lowest BCUT2D eigenvalue weighted by Crippen LogP contribution is -2.30. The van der Waals surface area contributed by atoms with Crippen molar-refractivity contribution in [2.45, 2.75) is 19.4 Å². The van der Waals surface area contributed by atoms with E-state index in [2.05, 4.69) is 17.4 Å². The zero-order valence-corrected chi connectivity index (χ0v) is 14.2. The molecule has 3 aromatic rings. The van der Waals surface area contributed by atoms with E-state index in [4.69, 9.17) is 4.74 Å². The van der Waals surface area contributed by atoms with Crippen LogP contribution < -0.4 is 10.1 Å². The highest BCUT2D eigenvalue weighted by atomic mass is 16.5. The van der Waals surface area contributed by atoms with Gasteiger partial charge >= 0.3 is 0 Å². The molecule has 0 aliphatic carbocycles. The van der Waals surface area contributed by atoms with Crippen molar-refractivity contribution >= 4 is 11.6 Å². The summed E-state index contributed by atoms with van der Waals surface area (Å²) in [6.45, 7) is 1.75. The summed E-state index contributed by atoms with van der Waals surface area (Å²) < 4.78 is 5.69. The van der Waals surface area contributed by atoms with Crippen molar-refractivity contribution in [1.82, 2.24) is 0 Å². The monoisotopic (exact) mass is 331 g/mol. The minimum atomic E-state index is -0.577. The summed E-state index contributed by atoms with van der Waals surface area (Å²) in [5.41, 5.74) is 3.10. The number of hydrogen-bond donors (Lipinski definition) is 1. The molecule has 126 valence electrons. The first-order valence-electron chi connectivity index (χ1n) is 8.37. The molecule has 1 amide bonds. The minimum Gasteiger partial charge on any atom is -0.481 e. The number of rotatable bonds is 6. The highest BCUT2D eigenvalue weighted by Crippen LogP contribution is 2.20. The molecule has 0 saturated heterocycles. The fourth-order valence-corrected chi connectivity index (χ4v) is 2.60. The van der Waals surface area contributed by atoms with Gasteiger partial charge in [-0.1, -0.05) is 66.7 Å². The maximum atomic E-state index is 12.5. The molecule has 3 heteroatoms. The standard InChI is InChI=1S/C22H21NO2/c1-17(25-20-13-6-3-7-14-20)22(24)23-21-15-9-8-12-19(21)16-18-10-4-2-5-11-18/h2-15,17H,16H2,1H3,(H,23,24)/t17-/m0/s1. The molecule has 0 heterocycles. The average Bonchev–Trinajstić information content (AvgIpc) is 2.65. The van der Waals surface area contributed by atoms with E-state index >= 15 is 0 Å². The Bertz CT molecular complexity index is 816. The third-order valence-electron chi connectivity index (χ3n) is 3.94. The summed E-state index contributed by atoms with van der Waals surface area (Å²) in [5, 5.41) is 2.99. The molecule has 3 nitrogen and oxygen atoms in total. The van der Waals surface area contributed by atoms with Gasteiger partial charge in [0.05, 0.1) is 0 Å². The number of nitrogens with one attached hydrogen (secondary N) is 1. The Kier molecular flexibility index (Phi) is 5.47. The average molecular weight is 331 g/mol. The van der Waals surface area contributed by atoms with E-state index in [0.717, 1.165) is 17.7 Å². The molecular formula is C22H21NO2. The molecule has 0 unspecified atom stereocenters. The summed E-state index contributed by atoms with van der Waals surface area (Å²) >= 11 is 0. The first-order valence-corrected chi connectivity index (χ1v) is 8.37. The van der Waals surface area contributed by atoms with Crippen LogP contribution >= 0.6 is 0 Å². The lowest BCUT2D eigenvalue weighted by atomic mass is 10.0. The maximum Gasteiger partial charge on any atom is 0.265 e. The Labute approximate surface area is 148 Å². The fraction of sp³-hybridized carbons (Fsp3) is 0.136. The zero-order chi connectivity index (χ0) is 17.5. The van der Waals surface area contributed by atoms with Crippen LogP contribution in [0.3, 0.4) is 0 Å². The molecule has 1 N–H and O–H groups in total. The van der Waals surface area contributed by atoms with Gasteiger partial charge in [0.15, 0.2) is 6.10 Å². The van der Waals surface area contributed by atoms with E-state index in [1.807, 2.05) is 72.8 Å². The van der Waals surface area contributed by atoms with Crippen molar-refractivity contribution < 1.29 is 9.53 Å². The molecule has 0 aliphatic heterocycles. The van der Waals surface area contributed by atoms with Crippen LogP contribution in [0.2, 0.25) is 0 Å². The normalized spacial score (nSPS) is 11.6. The Morgan fingerprint density at radius 3 is 2.20 bits per heavy atom. The van der Waals surface area contributed by atoms with E-state index in [-0.39, 0.29) is 5.91 Å². The van der Waals surface area contributed by atoms with Crippen LogP contribution in [0.1, 0.15) is 18.1 Å². The van der Waals surface area contributed by atoms with Gasteiger partial charge in [0, 0.05) is 5.69 Å². The number of benzene rings is 3. The van der Waals surface area contributed by atoms with Gasteiger partial charge in [-0.15, -0.1) is 0 Å². The predicted octanol–water partition coefficient (Wildman–Crippen LogP) is 4.68. The highest BCUT2D eigenvalue weighted by molar-refractivity contribution is 5.94. The second-order valence-corrected chi connectivity index (χ2v) is 5.88. The molecule has 3 aromatic carbocycles. The predicted molar refractivity (Wildman–Crippen MR) is 101 cm³/mol. The van der Waals surface area contributed by atoms with Gasteiger partial charge in [0.1, 0.15) is 5.75 Å². The lowest BCUT2D eigenvalue weighted by molar-refractivity contribution is -0.122. The molecule has 0 aliphatic rings. The molecule has 3 rings (SSSR count). The molecule has 0 fully saturated rings. The number of anilines is 1. The van der Waals surface area contributed by atoms with Crippen LogP contribution in [-0.4, -0.2) is 12.0 Å². The first-order chi connectivity index (χ1) is 12.2. The second kappa shape index (κ2) is 8.15. The van der Waals surface area contributed by atoms with Crippen molar-refractivity contribution in [1.29, 1.82) is 0 Å². The zero-order valence-electron chi connectivity index (χ0n) is 14.2. The van der Waals surface area contributed by atoms with Crippen molar-refractivity contribution in [3.63, 3.8) is 0 Å². The van der Waals surface area contributed by atoms with Gasteiger partial charge in [-0.25, -0.2) is 0 Å². The minimum absolute atomic E-state index is 0.163. The molecule has 0 bridgehead atoms. The number of hydrogen-bond acceptors (Lipinski definition) is 2. The number of amides is 1. The topological polar surface area (TPSA) is 38.3 Å². The van der Waals surface area contributed by atoms with Gasteiger partial charge in [-0.2, -0.15) is 0 Å². The molecule has 0 saturated carbocycles. The first kappa shape index (κ1) is 16.8. The molecular weight excluding hydrogens is 310 g/mol. The number of ether oxygens (including phenoxy) is 1. The summed E-state index contributed by atoms with van der Waals surface area (Å²) in [7, 11) is 0. The highest BCUT2D eigenvalue weighted by Gasteiger charge is 2.16. The van der Waals surface area contributed by atoms with Crippen LogP contribution in [0.5, 0.6) is 5.75 Å². The van der Waals surface area contributed by atoms with Gasteiger partial charge in [-0.05, 0) is 42.7 Å². The fourth-order valence-electron chi connectivity index (χ4n) is 2.60. The van der Waals surface area contributed by atoms with E-state index in [1.54, 1.807) is 6.92 Å². The third kappa shape index (κ3) is 4.70. The van der Waals surface area contributed by atoms with Gasteiger partial charge in [0.2, 0.25) is 0 Å². The van der Waals surface area contributed by atoms with Crippen LogP contribution in [0, 0.1) is 0 Å². The van der Waals surface area contributed by atoms with Crippen LogP contribution in [0.15, 0.2) is 84.9 Å². The van der Waals surface area contributed by atoms with Crippen molar-refractivity contribution in [3.8, 4) is 5.75 Å². The number of carbonyl (C=O) groups excluding carboxylic acids is 1. The van der Waals surface area contributed by atoms with E-state index < -0.39 is 6.10 Å². The van der Waals surface area contributed by atoms with Gasteiger partial charge < -0.3 is 10.1 Å². The van der Waals surface area contributed by atoms with Crippen LogP contribution in [-0.2, 0) is 11.2 Å². The van der Waals surface area contributed by atoms with E-state index in [1.165, 1.54) is 5.56 Å². The maximum absolute atomic E-state index is 12.5. The quantitative estimate of drug-likeness (QED) is 0.712. The largest absolute Gasteiger partial charge is 0.481 e. The SMILES string of the molecule is C[C@H](Oc1ccccc1)C(=O)Nc1ccccc1Cc1ccccc1. The molecule has 1 atom stereocenters. The van der Waals surface area contributed by atoms with Crippen LogP contribution in [0.4, 0.5) is 5.69 Å². The number of carbonyl (C=O) groups is 1. The summed E-state index contributed by atoms with van der Waals surface area (Å²) in [4.78, 5) is 12.5. The Morgan fingerprint density at radius 1 is 0.880 bits per heavy atom. The van der Waals surface area contributed by atoms with Crippen molar-refractivity contribution in [2.75, 3.05) is 5.32 Å². The smallest absolute Gasteiger partial charge is 0.265 e. The van der Waals surface area contributed by atoms with Crippen LogP contribution in [0.25, 0.3) is 0 Å². The van der Waals surface area contributed by atoms with Gasteiger partial charge in [-0.3, -0.25) is 4.79 Å². The summed E-state index contributed by atoms with van der Waals surface area (Å²) in [6, 6.07) is 27.4. The van der Waals surface area contributed by atoms with Gasteiger partial charge in [0.25, 0.3) is 5.91 Å². The van der Waals surface area contributed by atoms with E-state index in [9.17, 15) is 4.79 Å².